The molecule has 0 unspecified atom stereocenters. The van der Waals surface area contributed by atoms with Crippen LogP contribution in [0.15, 0.2) is 28.8 Å². The van der Waals surface area contributed by atoms with Gasteiger partial charge in [-0.3, -0.25) is 0 Å². The minimum atomic E-state index is -0.951. The number of benzene rings is 1. The molecule has 1 aromatic carbocycles. The summed E-state index contributed by atoms with van der Waals surface area (Å²) in [6.07, 6.45) is 5.20. The van der Waals surface area contributed by atoms with E-state index in [1.807, 2.05) is 24.3 Å². The second kappa shape index (κ2) is 5.72. The summed E-state index contributed by atoms with van der Waals surface area (Å²) >= 11 is 0. The third-order valence-electron chi connectivity index (χ3n) is 4.29. The average molecular weight is 285 g/mol. The van der Waals surface area contributed by atoms with Crippen LogP contribution in [0.4, 0.5) is 0 Å². The van der Waals surface area contributed by atoms with Crippen LogP contribution in [0.2, 0.25) is 0 Å². The van der Waals surface area contributed by atoms with Crippen LogP contribution in [-0.4, -0.2) is 16.2 Å². The molecule has 0 saturated heterocycles. The quantitative estimate of drug-likeness (QED) is 0.911. The van der Waals surface area contributed by atoms with Crippen molar-refractivity contribution in [2.75, 3.05) is 0 Å². The minimum Gasteiger partial charge on any atom is -0.477 e. The van der Waals surface area contributed by atoms with E-state index in [1.165, 1.54) is 5.56 Å². The van der Waals surface area contributed by atoms with E-state index in [2.05, 4.69) is 12.1 Å². The maximum atomic E-state index is 11.7. The van der Waals surface area contributed by atoms with E-state index in [4.69, 9.17) is 4.52 Å². The molecule has 4 nitrogen and oxygen atoms in total. The summed E-state index contributed by atoms with van der Waals surface area (Å²) in [4.78, 5) is 11.7. The zero-order valence-electron chi connectivity index (χ0n) is 12.1. The summed E-state index contributed by atoms with van der Waals surface area (Å²) in [5.74, 6) is -0.199. The van der Waals surface area contributed by atoms with Crippen LogP contribution in [0.3, 0.4) is 0 Å². The van der Waals surface area contributed by atoms with E-state index >= 15 is 0 Å². The summed E-state index contributed by atoms with van der Waals surface area (Å²) in [6.45, 7) is 2.09. The first-order valence-electron chi connectivity index (χ1n) is 7.53. The van der Waals surface area contributed by atoms with E-state index in [1.54, 1.807) is 0 Å². The van der Waals surface area contributed by atoms with E-state index in [-0.39, 0.29) is 11.5 Å². The highest BCUT2D eigenvalue weighted by atomic mass is 16.5. The molecule has 0 bridgehead atoms. The largest absolute Gasteiger partial charge is 0.477 e. The van der Waals surface area contributed by atoms with Crippen molar-refractivity contribution in [3.8, 4) is 11.3 Å². The van der Waals surface area contributed by atoms with Crippen LogP contribution < -0.4 is 0 Å². The maximum absolute atomic E-state index is 11.7. The third-order valence-corrected chi connectivity index (χ3v) is 4.29. The van der Waals surface area contributed by atoms with Gasteiger partial charge in [0.2, 0.25) is 0 Å². The fourth-order valence-electron chi connectivity index (χ4n) is 3.07. The lowest BCUT2D eigenvalue weighted by atomic mass is 9.97. The number of carboxylic acids is 1. The summed E-state index contributed by atoms with van der Waals surface area (Å²) in [5, 5.41) is 13.6. The number of nitrogens with zero attached hydrogens (tertiary/aromatic N) is 1. The van der Waals surface area contributed by atoms with Gasteiger partial charge in [-0.25, -0.2) is 4.79 Å². The van der Waals surface area contributed by atoms with Gasteiger partial charge in [-0.2, -0.15) is 0 Å². The van der Waals surface area contributed by atoms with Crippen molar-refractivity contribution in [1.29, 1.82) is 0 Å². The van der Waals surface area contributed by atoms with Crippen LogP contribution in [0.25, 0.3) is 11.3 Å². The lowest BCUT2D eigenvalue weighted by Crippen LogP contribution is -2.04. The number of carbonyl (C=O) groups is 1. The monoisotopic (exact) mass is 285 g/mol. The molecule has 0 amide bonds. The lowest BCUT2D eigenvalue weighted by molar-refractivity contribution is 0.0694. The van der Waals surface area contributed by atoms with Crippen molar-refractivity contribution in [1.82, 2.24) is 5.16 Å². The van der Waals surface area contributed by atoms with Crippen LogP contribution in [0.1, 0.15) is 60.2 Å². The number of aromatic nitrogens is 1. The Labute approximate surface area is 123 Å². The van der Waals surface area contributed by atoms with Gasteiger partial charge < -0.3 is 9.63 Å². The molecule has 0 radical (unpaired) electrons. The summed E-state index contributed by atoms with van der Waals surface area (Å²) in [5.41, 5.74) is 2.71. The molecule has 1 aliphatic rings. The summed E-state index contributed by atoms with van der Waals surface area (Å²) in [7, 11) is 0. The van der Waals surface area contributed by atoms with E-state index in [9.17, 15) is 9.90 Å². The number of aromatic carboxylic acids is 1. The predicted octanol–water partition coefficient (Wildman–Crippen LogP) is 4.26. The summed E-state index contributed by atoms with van der Waals surface area (Å²) in [6, 6.07) is 7.85. The van der Waals surface area contributed by atoms with Crippen molar-refractivity contribution in [3.05, 3.63) is 41.2 Å². The van der Waals surface area contributed by atoms with Gasteiger partial charge >= 0.3 is 5.97 Å². The molecule has 21 heavy (non-hydrogen) atoms. The molecule has 1 aliphatic carbocycles. The van der Waals surface area contributed by atoms with E-state index < -0.39 is 5.97 Å². The molecular weight excluding hydrogens is 266 g/mol. The van der Waals surface area contributed by atoms with Gasteiger partial charge in [-0.05, 0) is 24.8 Å². The number of carboxylic acid groups (broad SMARTS) is 1. The first kappa shape index (κ1) is 13.9. The Kier molecular flexibility index (Phi) is 3.78. The highest BCUT2D eigenvalue weighted by molar-refractivity contribution is 5.96. The Morgan fingerprint density at radius 2 is 1.95 bits per heavy atom. The number of hydrogen-bond acceptors (Lipinski definition) is 3. The SMILES string of the molecule is CCc1ccc(-c2noc(C3CCCC3)c2C(=O)O)cc1. The second-order valence-corrected chi connectivity index (χ2v) is 5.61. The van der Waals surface area contributed by atoms with Crippen molar-refractivity contribution in [2.24, 2.45) is 0 Å². The fraction of sp³-hybridized carbons (Fsp3) is 0.412. The Morgan fingerprint density at radius 1 is 1.29 bits per heavy atom. The maximum Gasteiger partial charge on any atom is 0.341 e. The van der Waals surface area contributed by atoms with Crippen molar-refractivity contribution < 1.29 is 14.4 Å². The number of aryl methyl sites for hydroxylation is 1. The first-order chi connectivity index (χ1) is 10.2. The topological polar surface area (TPSA) is 63.3 Å². The standard InChI is InChI=1S/C17H19NO3/c1-2-11-7-9-12(10-8-11)15-14(17(19)20)16(21-18-15)13-5-3-4-6-13/h7-10,13H,2-6H2,1H3,(H,19,20). The van der Waals surface area contributed by atoms with Gasteiger partial charge in [0.25, 0.3) is 0 Å². The van der Waals surface area contributed by atoms with Crippen LogP contribution in [-0.2, 0) is 6.42 Å². The van der Waals surface area contributed by atoms with Gasteiger partial charge in [0, 0.05) is 11.5 Å². The highest BCUT2D eigenvalue weighted by Gasteiger charge is 2.30. The third kappa shape index (κ3) is 2.58. The first-order valence-corrected chi connectivity index (χ1v) is 7.53. The van der Waals surface area contributed by atoms with Crippen LogP contribution in [0.5, 0.6) is 0 Å². The molecule has 1 fully saturated rings. The average Bonchev–Trinajstić information content (AvgIpc) is 3.16. The molecule has 1 aromatic heterocycles. The lowest BCUT2D eigenvalue weighted by Gasteiger charge is -2.05. The zero-order chi connectivity index (χ0) is 14.8. The van der Waals surface area contributed by atoms with E-state index in [0.717, 1.165) is 37.7 Å². The van der Waals surface area contributed by atoms with Gasteiger partial charge in [0.15, 0.2) is 5.76 Å². The molecule has 0 spiro atoms. The summed E-state index contributed by atoms with van der Waals surface area (Å²) < 4.78 is 5.42. The molecule has 1 saturated carbocycles. The molecule has 1 N–H and O–H groups in total. The second-order valence-electron chi connectivity index (χ2n) is 5.61. The van der Waals surface area contributed by atoms with Gasteiger partial charge in [-0.1, -0.05) is 49.2 Å². The van der Waals surface area contributed by atoms with Crippen molar-refractivity contribution in [2.45, 2.75) is 44.9 Å². The van der Waals surface area contributed by atoms with E-state index in [0.29, 0.717) is 11.5 Å². The van der Waals surface area contributed by atoms with Crippen molar-refractivity contribution >= 4 is 5.97 Å². The smallest absolute Gasteiger partial charge is 0.341 e. The molecule has 3 rings (SSSR count). The number of hydrogen-bond donors (Lipinski definition) is 1. The van der Waals surface area contributed by atoms with Gasteiger partial charge in [-0.15, -0.1) is 0 Å². The number of rotatable bonds is 4. The molecule has 2 aromatic rings. The Bertz CT molecular complexity index is 637. The Balaban J connectivity index is 2.03. The zero-order valence-corrected chi connectivity index (χ0v) is 12.1. The van der Waals surface area contributed by atoms with Crippen LogP contribution in [0, 0.1) is 0 Å². The molecule has 0 atom stereocenters. The highest BCUT2D eigenvalue weighted by Crippen LogP contribution is 2.38. The van der Waals surface area contributed by atoms with Gasteiger partial charge in [0.05, 0.1) is 0 Å². The Hall–Kier alpha value is -2.10. The molecule has 1 heterocycles. The molecule has 4 heteroatoms. The fourth-order valence-corrected chi connectivity index (χ4v) is 3.07. The Morgan fingerprint density at radius 3 is 2.52 bits per heavy atom. The molecular formula is C17H19NO3. The molecule has 110 valence electrons. The normalized spacial score (nSPS) is 15.5. The predicted molar refractivity (Wildman–Crippen MR) is 79.5 cm³/mol. The van der Waals surface area contributed by atoms with Gasteiger partial charge in [0.1, 0.15) is 11.3 Å². The molecule has 0 aliphatic heterocycles. The van der Waals surface area contributed by atoms with Crippen molar-refractivity contribution in [3.63, 3.8) is 0 Å². The minimum absolute atomic E-state index is 0.201. The van der Waals surface area contributed by atoms with Crippen LogP contribution >= 0.6 is 0 Å².